The molecule has 0 unspecified atom stereocenters. The average molecular weight is 436 g/mol. The van der Waals surface area contributed by atoms with Crippen LogP contribution in [-0.2, 0) is 14.8 Å². The van der Waals surface area contributed by atoms with Crippen LogP contribution in [0.4, 0.5) is 0 Å². The smallest absolute Gasteiger partial charge is 0.243 e. The Kier molecular flexibility index (Phi) is 7.25. The average Bonchev–Trinajstić information content (AvgIpc) is 3.24. The van der Waals surface area contributed by atoms with Gasteiger partial charge in [-0.3, -0.25) is 4.79 Å². The topological polar surface area (TPSA) is 60.9 Å². The third-order valence-corrected chi connectivity index (χ3v) is 9.20. The highest BCUT2D eigenvalue weighted by molar-refractivity contribution is 7.89. The lowest BCUT2D eigenvalue weighted by Gasteiger charge is -2.33. The highest BCUT2D eigenvalue weighted by Crippen LogP contribution is 2.31. The van der Waals surface area contributed by atoms with Crippen molar-refractivity contribution in [2.75, 3.05) is 46.3 Å². The van der Waals surface area contributed by atoms with Crippen molar-refractivity contribution in [2.24, 2.45) is 5.92 Å². The van der Waals surface area contributed by atoms with E-state index in [2.05, 4.69) is 4.90 Å². The van der Waals surface area contributed by atoms with Gasteiger partial charge in [-0.2, -0.15) is 4.31 Å². The number of piperidine rings is 1. The molecule has 0 saturated carbocycles. The zero-order valence-electron chi connectivity index (χ0n) is 19.2. The summed E-state index contributed by atoms with van der Waals surface area (Å²) >= 11 is 0. The fourth-order valence-corrected chi connectivity index (χ4v) is 6.80. The van der Waals surface area contributed by atoms with E-state index in [-0.39, 0.29) is 11.8 Å². The lowest BCUT2D eigenvalue weighted by atomic mass is 9.97. The minimum atomic E-state index is -3.56. The van der Waals surface area contributed by atoms with Crippen molar-refractivity contribution in [1.29, 1.82) is 0 Å². The van der Waals surface area contributed by atoms with Gasteiger partial charge in [0.15, 0.2) is 0 Å². The second-order valence-electron chi connectivity index (χ2n) is 9.08. The summed E-state index contributed by atoms with van der Waals surface area (Å²) in [6.07, 6.45) is 3.69. The van der Waals surface area contributed by atoms with Crippen molar-refractivity contribution in [3.8, 4) is 0 Å². The van der Waals surface area contributed by atoms with E-state index in [1.54, 1.807) is 4.31 Å². The molecule has 7 heteroatoms. The number of carbonyl (C=O) groups is 1. The number of nitrogens with zero attached hydrogens (tertiary/aromatic N) is 3. The van der Waals surface area contributed by atoms with Gasteiger partial charge in [-0.25, -0.2) is 8.42 Å². The molecule has 168 valence electrons. The van der Waals surface area contributed by atoms with Gasteiger partial charge in [0.05, 0.1) is 4.90 Å². The van der Waals surface area contributed by atoms with Gasteiger partial charge in [-0.15, -0.1) is 0 Å². The number of carbonyl (C=O) groups excluding carboxylic acids is 1. The molecular formula is C23H37N3O3S. The number of rotatable bonds is 6. The van der Waals surface area contributed by atoms with Crippen LogP contribution < -0.4 is 0 Å². The van der Waals surface area contributed by atoms with Gasteiger partial charge >= 0.3 is 0 Å². The Balaban J connectivity index is 1.63. The van der Waals surface area contributed by atoms with Gasteiger partial charge in [-0.05, 0) is 88.7 Å². The fraction of sp³-hybridized carbons (Fsp3) is 0.696. The monoisotopic (exact) mass is 435 g/mol. The molecule has 0 atom stereocenters. The maximum absolute atomic E-state index is 13.4. The molecule has 2 heterocycles. The minimum absolute atomic E-state index is 0.0820. The fourth-order valence-electron chi connectivity index (χ4n) is 4.76. The van der Waals surface area contributed by atoms with Gasteiger partial charge in [0.1, 0.15) is 0 Å². The maximum Gasteiger partial charge on any atom is 0.243 e. The van der Waals surface area contributed by atoms with Crippen LogP contribution in [-0.4, -0.2) is 74.7 Å². The number of likely N-dealkylation sites (tertiary alicyclic amines) is 1. The van der Waals surface area contributed by atoms with Crippen molar-refractivity contribution in [3.63, 3.8) is 0 Å². The molecule has 0 bridgehead atoms. The number of likely N-dealkylation sites (N-methyl/N-ethyl adjacent to an activating group) is 1. The van der Waals surface area contributed by atoms with Crippen molar-refractivity contribution in [1.82, 2.24) is 14.1 Å². The molecular weight excluding hydrogens is 398 g/mol. The number of amides is 1. The quantitative estimate of drug-likeness (QED) is 0.689. The number of hydrogen-bond acceptors (Lipinski definition) is 4. The molecule has 0 radical (unpaired) electrons. The zero-order chi connectivity index (χ0) is 22.1. The molecule has 6 nitrogen and oxygen atoms in total. The molecule has 2 fully saturated rings. The lowest BCUT2D eigenvalue weighted by molar-refractivity contribution is -0.135. The van der Waals surface area contributed by atoms with Gasteiger partial charge in [0, 0.05) is 39.1 Å². The van der Waals surface area contributed by atoms with Crippen molar-refractivity contribution < 1.29 is 13.2 Å². The largest absolute Gasteiger partial charge is 0.344 e. The number of hydrogen-bond donors (Lipinski definition) is 0. The molecule has 2 aliphatic rings. The molecule has 0 aromatic heterocycles. The second kappa shape index (κ2) is 9.37. The Labute approximate surface area is 182 Å². The van der Waals surface area contributed by atoms with Crippen LogP contribution in [0.15, 0.2) is 11.0 Å². The first-order chi connectivity index (χ1) is 14.1. The summed E-state index contributed by atoms with van der Waals surface area (Å²) in [6, 6.07) is 2.05. The Morgan fingerprint density at radius 2 is 1.53 bits per heavy atom. The summed E-state index contributed by atoms with van der Waals surface area (Å²) < 4.78 is 28.4. The minimum Gasteiger partial charge on any atom is -0.344 e. The zero-order valence-corrected chi connectivity index (χ0v) is 20.0. The third-order valence-electron chi connectivity index (χ3n) is 7.02. The number of sulfonamides is 1. The summed E-state index contributed by atoms with van der Waals surface area (Å²) in [4.78, 5) is 17.6. The summed E-state index contributed by atoms with van der Waals surface area (Å²) in [5.74, 6) is 0.0754. The summed E-state index contributed by atoms with van der Waals surface area (Å²) in [7, 11) is -1.68. The molecule has 1 aromatic rings. The summed E-state index contributed by atoms with van der Waals surface area (Å²) in [6.45, 7) is 12.5. The molecule has 30 heavy (non-hydrogen) atoms. The molecule has 0 aliphatic carbocycles. The van der Waals surface area contributed by atoms with Crippen molar-refractivity contribution in [2.45, 2.75) is 58.3 Å². The first kappa shape index (κ1) is 23.2. The SMILES string of the molecule is Cc1cc(C)c(C)c(S(=O)(=O)N2CCC(C(=O)N(C)CCN3CCCC3)CC2)c1C. The highest BCUT2D eigenvalue weighted by Gasteiger charge is 2.35. The molecule has 2 saturated heterocycles. The van der Waals surface area contributed by atoms with Crippen molar-refractivity contribution in [3.05, 3.63) is 28.3 Å². The first-order valence-corrected chi connectivity index (χ1v) is 12.6. The predicted octanol–water partition coefficient (Wildman–Crippen LogP) is 2.88. The van der Waals surface area contributed by atoms with Crippen LogP contribution in [0.1, 0.15) is 47.9 Å². The van der Waals surface area contributed by atoms with E-state index in [1.807, 2.05) is 45.7 Å². The van der Waals surface area contributed by atoms with Crippen LogP contribution >= 0.6 is 0 Å². The summed E-state index contributed by atoms with van der Waals surface area (Å²) in [5, 5.41) is 0. The Hall–Kier alpha value is -1.44. The van der Waals surface area contributed by atoms with E-state index in [9.17, 15) is 13.2 Å². The van der Waals surface area contributed by atoms with Gasteiger partial charge < -0.3 is 9.80 Å². The molecule has 3 rings (SSSR count). The standard InChI is InChI=1S/C23H37N3O3S/c1-17-16-18(2)20(4)22(19(17)3)30(28,29)26-12-8-21(9-13-26)23(27)24(5)14-15-25-10-6-7-11-25/h16,21H,6-15H2,1-5H3. The Morgan fingerprint density at radius 3 is 2.07 bits per heavy atom. The predicted molar refractivity (Wildman–Crippen MR) is 120 cm³/mol. The van der Waals surface area contributed by atoms with E-state index in [1.165, 1.54) is 12.8 Å². The normalized spacial score (nSPS) is 19.4. The van der Waals surface area contributed by atoms with Crippen LogP contribution in [0.25, 0.3) is 0 Å². The second-order valence-corrected chi connectivity index (χ2v) is 11.0. The van der Waals surface area contributed by atoms with Gasteiger partial charge in [0.2, 0.25) is 15.9 Å². The number of aryl methyl sites for hydroxylation is 2. The highest BCUT2D eigenvalue weighted by atomic mass is 32.2. The van der Waals surface area contributed by atoms with E-state index in [0.29, 0.717) is 30.8 Å². The van der Waals surface area contributed by atoms with Gasteiger partial charge in [0.25, 0.3) is 0 Å². The van der Waals surface area contributed by atoms with Gasteiger partial charge in [-0.1, -0.05) is 6.07 Å². The molecule has 2 aliphatic heterocycles. The number of benzene rings is 1. The van der Waals surface area contributed by atoms with Crippen LogP contribution in [0.2, 0.25) is 0 Å². The van der Waals surface area contributed by atoms with E-state index < -0.39 is 10.0 Å². The summed E-state index contributed by atoms with van der Waals surface area (Å²) in [5.41, 5.74) is 3.67. The maximum atomic E-state index is 13.4. The third kappa shape index (κ3) is 4.73. The Bertz CT molecular complexity index is 857. The van der Waals surface area contributed by atoms with E-state index in [4.69, 9.17) is 0 Å². The van der Waals surface area contributed by atoms with Crippen LogP contribution in [0, 0.1) is 33.6 Å². The molecule has 1 aromatic carbocycles. The van der Waals surface area contributed by atoms with E-state index in [0.717, 1.165) is 48.4 Å². The lowest BCUT2D eigenvalue weighted by Crippen LogP contribution is -2.45. The molecule has 1 amide bonds. The molecule has 0 N–H and O–H groups in total. The Morgan fingerprint density at radius 1 is 1.00 bits per heavy atom. The molecule has 0 spiro atoms. The first-order valence-electron chi connectivity index (χ1n) is 11.2. The van der Waals surface area contributed by atoms with Crippen LogP contribution in [0.3, 0.4) is 0 Å². The van der Waals surface area contributed by atoms with Crippen LogP contribution in [0.5, 0.6) is 0 Å². The van der Waals surface area contributed by atoms with E-state index >= 15 is 0 Å². The van der Waals surface area contributed by atoms with Crippen molar-refractivity contribution >= 4 is 15.9 Å².